The van der Waals surface area contributed by atoms with Crippen LogP contribution in [0.3, 0.4) is 0 Å². The third-order valence-electron chi connectivity index (χ3n) is 4.21. The van der Waals surface area contributed by atoms with Gasteiger partial charge in [-0.25, -0.2) is 4.98 Å². The first-order valence-electron chi connectivity index (χ1n) is 8.53. The topological polar surface area (TPSA) is 94.3 Å². The summed E-state index contributed by atoms with van der Waals surface area (Å²) in [5.74, 6) is -0.929. The van der Waals surface area contributed by atoms with Gasteiger partial charge in [-0.2, -0.15) is 13.2 Å². The maximum atomic E-state index is 12.5. The molecule has 2 unspecified atom stereocenters. The Labute approximate surface area is 159 Å². The van der Waals surface area contributed by atoms with Crippen molar-refractivity contribution in [3.8, 4) is 11.6 Å². The summed E-state index contributed by atoms with van der Waals surface area (Å²) in [5.41, 5.74) is 4.74. The zero-order valence-corrected chi connectivity index (χ0v) is 15.3. The normalized spacial score (nSPS) is 13.5. The zero-order chi connectivity index (χ0) is 20.9. The van der Waals surface area contributed by atoms with Crippen molar-refractivity contribution in [3.63, 3.8) is 0 Å². The largest absolute Gasteiger partial charge is 0.439 e. The zero-order valence-electron chi connectivity index (χ0n) is 15.3. The first kappa shape index (κ1) is 21.2. The van der Waals surface area contributed by atoms with Crippen LogP contribution >= 0.6 is 0 Å². The number of nitrogens with one attached hydrogen (secondary N) is 1. The van der Waals surface area contributed by atoms with Gasteiger partial charge in [0.05, 0.1) is 5.56 Å². The molecule has 1 aromatic heterocycles. The van der Waals surface area contributed by atoms with Crippen molar-refractivity contribution in [2.75, 3.05) is 0 Å². The van der Waals surface area contributed by atoms with Crippen molar-refractivity contribution in [2.24, 2.45) is 11.7 Å². The van der Waals surface area contributed by atoms with E-state index in [9.17, 15) is 22.8 Å². The Morgan fingerprint density at radius 1 is 1.18 bits per heavy atom. The van der Waals surface area contributed by atoms with Crippen LogP contribution in [-0.4, -0.2) is 22.8 Å². The Balaban J connectivity index is 2.04. The summed E-state index contributed by atoms with van der Waals surface area (Å²) in [6.07, 6.45) is -3.13. The SMILES string of the molecule is CCC(C)C(NC(=O)c1ccc(Oc2ccc(C(F)(F)F)cn2)cc1)C(N)=O. The van der Waals surface area contributed by atoms with Gasteiger partial charge in [0.25, 0.3) is 5.91 Å². The maximum Gasteiger partial charge on any atom is 0.417 e. The molecule has 150 valence electrons. The number of carbonyl (C=O) groups is 2. The summed E-state index contributed by atoms with van der Waals surface area (Å²) in [4.78, 5) is 27.4. The fourth-order valence-electron chi connectivity index (χ4n) is 2.36. The highest BCUT2D eigenvalue weighted by Crippen LogP contribution is 2.30. The van der Waals surface area contributed by atoms with Crippen LogP contribution in [0.25, 0.3) is 0 Å². The third-order valence-corrected chi connectivity index (χ3v) is 4.21. The van der Waals surface area contributed by atoms with Crippen molar-refractivity contribution >= 4 is 11.8 Å². The summed E-state index contributed by atoms with van der Waals surface area (Å²) in [5, 5.41) is 2.60. The van der Waals surface area contributed by atoms with Crippen molar-refractivity contribution in [2.45, 2.75) is 32.5 Å². The van der Waals surface area contributed by atoms with E-state index in [0.717, 1.165) is 12.1 Å². The maximum absolute atomic E-state index is 12.5. The Hall–Kier alpha value is -3.10. The quantitative estimate of drug-likeness (QED) is 0.750. The summed E-state index contributed by atoms with van der Waals surface area (Å²) in [6.45, 7) is 3.69. The minimum absolute atomic E-state index is 0.0178. The van der Waals surface area contributed by atoms with Gasteiger partial charge in [-0.15, -0.1) is 0 Å². The molecule has 2 atom stereocenters. The van der Waals surface area contributed by atoms with E-state index in [1.807, 2.05) is 13.8 Å². The fourth-order valence-corrected chi connectivity index (χ4v) is 2.36. The molecule has 2 aromatic rings. The smallest absolute Gasteiger partial charge is 0.417 e. The molecule has 0 aliphatic carbocycles. The summed E-state index contributed by atoms with van der Waals surface area (Å²) in [7, 11) is 0. The number of hydrogen-bond acceptors (Lipinski definition) is 4. The Morgan fingerprint density at radius 3 is 2.29 bits per heavy atom. The number of halogens is 3. The van der Waals surface area contributed by atoms with Gasteiger partial charge >= 0.3 is 6.18 Å². The molecule has 0 saturated carbocycles. The van der Waals surface area contributed by atoms with Crippen LogP contribution in [0.1, 0.15) is 36.2 Å². The molecule has 0 aliphatic rings. The van der Waals surface area contributed by atoms with Gasteiger partial charge in [0.2, 0.25) is 11.8 Å². The Morgan fingerprint density at radius 2 is 1.82 bits per heavy atom. The third kappa shape index (κ3) is 5.45. The number of pyridine rings is 1. The number of carbonyl (C=O) groups excluding carboxylic acids is 2. The lowest BCUT2D eigenvalue weighted by Gasteiger charge is -2.21. The first-order chi connectivity index (χ1) is 13.1. The number of primary amides is 1. The lowest BCUT2D eigenvalue weighted by Crippen LogP contribution is -2.48. The molecular formula is C19H20F3N3O3. The number of benzene rings is 1. The number of alkyl halides is 3. The highest BCUT2D eigenvalue weighted by atomic mass is 19.4. The van der Waals surface area contributed by atoms with Gasteiger partial charge in [0.15, 0.2) is 0 Å². The predicted octanol–water partition coefficient (Wildman–Crippen LogP) is 3.52. The van der Waals surface area contributed by atoms with Gasteiger partial charge in [0, 0.05) is 17.8 Å². The summed E-state index contributed by atoms with van der Waals surface area (Å²) >= 11 is 0. The van der Waals surface area contributed by atoms with Crippen LogP contribution in [-0.2, 0) is 11.0 Å². The molecule has 0 saturated heterocycles. The molecule has 6 nitrogen and oxygen atoms in total. The molecule has 0 aliphatic heterocycles. The minimum atomic E-state index is -4.47. The van der Waals surface area contributed by atoms with Crippen LogP contribution in [0.4, 0.5) is 13.2 Å². The molecule has 1 aromatic carbocycles. The van der Waals surface area contributed by atoms with E-state index in [1.54, 1.807) is 0 Å². The molecule has 2 amide bonds. The van der Waals surface area contributed by atoms with E-state index in [0.29, 0.717) is 12.6 Å². The second kappa shape index (κ2) is 8.73. The van der Waals surface area contributed by atoms with Crippen LogP contribution in [0.2, 0.25) is 0 Å². The van der Waals surface area contributed by atoms with E-state index in [-0.39, 0.29) is 23.1 Å². The number of amides is 2. The second-order valence-electron chi connectivity index (χ2n) is 6.25. The molecule has 9 heteroatoms. The molecular weight excluding hydrogens is 375 g/mol. The van der Waals surface area contributed by atoms with Crippen LogP contribution < -0.4 is 15.8 Å². The molecule has 2 rings (SSSR count). The fraction of sp³-hybridized carbons (Fsp3) is 0.316. The van der Waals surface area contributed by atoms with E-state index >= 15 is 0 Å². The van der Waals surface area contributed by atoms with Gasteiger partial charge in [0.1, 0.15) is 11.8 Å². The van der Waals surface area contributed by atoms with Crippen LogP contribution in [0, 0.1) is 5.92 Å². The first-order valence-corrected chi connectivity index (χ1v) is 8.53. The van der Waals surface area contributed by atoms with Crippen LogP contribution in [0.5, 0.6) is 11.6 Å². The van der Waals surface area contributed by atoms with E-state index in [2.05, 4.69) is 10.3 Å². The average Bonchev–Trinajstić information content (AvgIpc) is 2.65. The molecule has 0 radical (unpaired) electrons. The molecule has 0 bridgehead atoms. The molecule has 0 fully saturated rings. The second-order valence-corrected chi connectivity index (χ2v) is 6.25. The van der Waals surface area contributed by atoms with Crippen molar-refractivity contribution in [3.05, 3.63) is 53.7 Å². The lowest BCUT2D eigenvalue weighted by atomic mass is 9.98. The number of aromatic nitrogens is 1. The minimum Gasteiger partial charge on any atom is -0.439 e. The summed E-state index contributed by atoms with van der Waals surface area (Å²) in [6, 6.07) is 7.04. The number of hydrogen-bond donors (Lipinski definition) is 2. The van der Waals surface area contributed by atoms with Gasteiger partial charge in [-0.1, -0.05) is 20.3 Å². The molecule has 28 heavy (non-hydrogen) atoms. The number of nitrogens with two attached hydrogens (primary N) is 1. The van der Waals surface area contributed by atoms with Crippen molar-refractivity contribution in [1.29, 1.82) is 0 Å². The highest BCUT2D eigenvalue weighted by molar-refractivity contribution is 5.97. The standard InChI is InChI=1S/C19H20F3N3O3/c1-3-11(2)16(17(23)26)25-18(27)12-4-7-14(8-5-12)28-15-9-6-13(10-24-15)19(20,21)22/h4-11,16H,3H2,1-2H3,(H2,23,26)(H,25,27). The van der Waals surface area contributed by atoms with E-state index in [1.165, 1.54) is 24.3 Å². The van der Waals surface area contributed by atoms with Gasteiger partial charge < -0.3 is 15.8 Å². The molecule has 1 heterocycles. The van der Waals surface area contributed by atoms with E-state index < -0.39 is 29.6 Å². The predicted molar refractivity (Wildman–Crippen MR) is 95.7 cm³/mol. The average molecular weight is 395 g/mol. The molecule has 3 N–H and O–H groups in total. The number of ether oxygens (including phenoxy) is 1. The lowest BCUT2D eigenvalue weighted by molar-refractivity contribution is -0.137. The van der Waals surface area contributed by atoms with Gasteiger partial charge in [-0.05, 0) is 36.2 Å². The summed E-state index contributed by atoms with van der Waals surface area (Å²) < 4.78 is 43.0. The van der Waals surface area contributed by atoms with E-state index in [4.69, 9.17) is 10.5 Å². The number of nitrogens with zero attached hydrogens (tertiary/aromatic N) is 1. The van der Waals surface area contributed by atoms with Crippen molar-refractivity contribution < 1.29 is 27.5 Å². The molecule has 0 spiro atoms. The van der Waals surface area contributed by atoms with Crippen molar-refractivity contribution in [1.82, 2.24) is 10.3 Å². The van der Waals surface area contributed by atoms with Crippen LogP contribution in [0.15, 0.2) is 42.6 Å². The van der Waals surface area contributed by atoms with Gasteiger partial charge in [-0.3, -0.25) is 9.59 Å². The Bertz CT molecular complexity index is 821. The monoisotopic (exact) mass is 395 g/mol. The highest BCUT2D eigenvalue weighted by Gasteiger charge is 2.30. The Kier molecular flexibility index (Phi) is 6.61. The number of rotatable bonds is 7.